The molecule has 25 heavy (non-hydrogen) atoms. The van der Waals surface area contributed by atoms with Gasteiger partial charge in [-0.05, 0) is 42.1 Å². The molecule has 3 N–H and O–H groups in total. The third-order valence-electron chi connectivity index (χ3n) is 5.13. The van der Waals surface area contributed by atoms with Crippen molar-refractivity contribution in [1.29, 1.82) is 0 Å². The van der Waals surface area contributed by atoms with E-state index in [-0.39, 0.29) is 11.8 Å². The highest BCUT2D eigenvalue weighted by Crippen LogP contribution is 2.35. The predicted molar refractivity (Wildman–Crippen MR) is 99.5 cm³/mol. The first-order chi connectivity index (χ1) is 12.1. The maximum absolute atomic E-state index is 11.8. The van der Waals surface area contributed by atoms with Crippen molar-refractivity contribution in [3.63, 3.8) is 0 Å². The minimum atomic E-state index is -0.701. The van der Waals surface area contributed by atoms with Crippen LogP contribution in [0.25, 0.3) is 0 Å². The molecule has 1 saturated heterocycles. The normalized spacial score (nSPS) is 20.7. The van der Waals surface area contributed by atoms with Crippen LogP contribution in [0, 0.1) is 12.8 Å². The quantitative estimate of drug-likeness (QED) is 0.850. The average molecular weight is 338 g/mol. The lowest BCUT2D eigenvalue weighted by atomic mass is 9.86. The van der Waals surface area contributed by atoms with Crippen LogP contribution in [0.5, 0.6) is 0 Å². The molecule has 0 saturated carbocycles. The summed E-state index contributed by atoms with van der Waals surface area (Å²) in [5, 5.41) is 9.69. The molecule has 1 heterocycles. The van der Waals surface area contributed by atoms with Gasteiger partial charge in [-0.3, -0.25) is 9.69 Å². The van der Waals surface area contributed by atoms with E-state index in [9.17, 15) is 9.90 Å². The van der Waals surface area contributed by atoms with Crippen LogP contribution in [0.1, 0.15) is 28.2 Å². The fourth-order valence-electron chi connectivity index (χ4n) is 3.89. The zero-order valence-electron chi connectivity index (χ0n) is 14.7. The number of benzene rings is 2. The highest BCUT2D eigenvalue weighted by molar-refractivity contribution is 5.72. The molecule has 4 heteroatoms. The highest BCUT2D eigenvalue weighted by atomic mass is 16.4. The van der Waals surface area contributed by atoms with Gasteiger partial charge in [0.1, 0.15) is 0 Å². The van der Waals surface area contributed by atoms with Gasteiger partial charge in [-0.2, -0.15) is 0 Å². The Labute approximate surface area is 149 Å². The minimum absolute atomic E-state index is 0.0472. The number of likely N-dealkylation sites (tertiary alicyclic amines) is 1. The monoisotopic (exact) mass is 338 g/mol. The number of rotatable bonds is 6. The van der Waals surface area contributed by atoms with Crippen molar-refractivity contribution >= 4 is 5.97 Å². The van der Waals surface area contributed by atoms with Crippen LogP contribution in [0.4, 0.5) is 0 Å². The first-order valence-corrected chi connectivity index (χ1v) is 8.87. The van der Waals surface area contributed by atoms with Gasteiger partial charge < -0.3 is 10.8 Å². The van der Waals surface area contributed by atoms with Crippen molar-refractivity contribution < 1.29 is 9.90 Å². The van der Waals surface area contributed by atoms with Gasteiger partial charge in [0.15, 0.2) is 0 Å². The third kappa shape index (κ3) is 4.09. The van der Waals surface area contributed by atoms with E-state index >= 15 is 0 Å². The SMILES string of the molecule is Cc1ccccc1[C@@H]1CN(Cc2cccc(CCN)c2)C[C@H]1C(=O)O. The first-order valence-electron chi connectivity index (χ1n) is 8.87. The summed E-state index contributed by atoms with van der Waals surface area (Å²) in [5.41, 5.74) is 10.4. The van der Waals surface area contributed by atoms with Crippen LogP contribution < -0.4 is 5.73 Å². The Morgan fingerprint density at radius 3 is 2.64 bits per heavy atom. The summed E-state index contributed by atoms with van der Waals surface area (Å²) in [7, 11) is 0. The Morgan fingerprint density at radius 1 is 1.16 bits per heavy atom. The maximum Gasteiger partial charge on any atom is 0.308 e. The van der Waals surface area contributed by atoms with Crippen LogP contribution in [0.2, 0.25) is 0 Å². The molecular formula is C21H26N2O2. The van der Waals surface area contributed by atoms with Crippen LogP contribution in [-0.4, -0.2) is 35.6 Å². The molecule has 1 aliphatic heterocycles. The maximum atomic E-state index is 11.8. The van der Waals surface area contributed by atoms with E-state index in [1.165, 1.54) is 16.7 Å². The Morgan fingerprint density at radius 2 is 1.92 bits per heavy atom. The van der Waals surface area contributed by atoms with E-state index < -0.39 is 5.97 Å². The van der Waals surface area contributed by atoms with Gasteiger partial charge in [-0.15, -0.1) is 0 Å². The lowest BCUT2D eigenvalue weighted by Crippen LogP contribution is -2.23. The number of hydrogen-bond donors (Lipinski definition) is 2. The second-order valence-electron chi connectivity index (χ2n) is 6.96. The summed E-state index contributed by atoms with van der Waals surface area (Å²) in [4.78, 5) is 14.1. The van der Waals surface area contributed by atoms with E-state index in [2.05, 4.69) is 48.2 Å². The molecule has 3 rings (SSSR count). The Bertz CT molecular complexity index is 744. The van der Waals surface area contributed by atoms with E-state index in [4.69, 9.17) is 5.73 Å². The van der Waals surface area contributed by atoms with Gasteiger partial charge in [0.2, 0.25) is 0 Å². The largest absolute Gasteiger partial charge is 0.481 e. The fourth-order valence-corrected chi connectivity index (χ4v) is 3.89. The molecule has 2 aromatic rings. The average Bonchev–Trinajstić information content (AvgIpc) is 3.00. The summed E-state index contributed by atoms with van der Waals surface area (Å²) in [6.45, 7) is 4.86. The van der Waals surface area contributed by atoms with Gasteiger partial charge in [-0.1, -0.05) is 48.5 Å². The molecule has 2 atom stereocenters. The van der Waals surface area contributed by atoms with Crippen molar-refractivity contribution in [1.82, 2.24) is 4.90 Å². The van der Waals surface area contributed by atoms with Gasteiger partial charge in [0.05, 0.1) is 5.92 Å². The van der Waals surface area contributed by atoms with Crippen LogP contribution >= 0.6 is 0 Å². The van der Waals surface area contributed by atoms with Crippen molar-refractivity contribution in [3.05, 3.63) is 70.8 Å². The Balaban J connectivity index is 1.77. The number of carboxylic acids is 1. The topological polar surface area (TPSA) is 66.6 Å². The number of nitrogens with two attached hydrogens (primary N) is 1. The van der Waals surface area contributed by atoms with E-state index in [1.807, 2.05) is 12.1 Å². The molecule has 132 valence electrons. The minimum Gasteiger partial charge on any atom is -0.481 e. The number of aryl methyl sites for hydroxylation is 1. The zero-order chi connectivity index (χ0) is 17.8. The van der Waals surface area contributed by atoms with Crippen molar-refractivity contribution in [3.8, 4) is 0 Å². The standard InChI is InChI=1S/C21H26N2O2/c1-15-5-2-3-8-18(15)19-13-23(14-20(19)21(24)25)12-17-7-4-6-16(11-17)9-10-22/h2-8,11,19-20H,9-10,12-14,22H2,1H3,(H,24,25)/t19-,20+/m0/s1. The molecule has 0 aliphatic carbocycles. The Hall–Kier alpha value is -2.17. The molecular weight excluding hydrogens is 312 g/mol. The summed E-state index contributed by atoms with van der Waals surface area (Å²) in [6, 6.07) is 16.6. The highest BCUT2D eigenvalue weighted by Gasteiger charge is 2.38. The summed E-state index contributed by atoms with van der Waals surface area (Å²) in [5.74, 6) is -1.01. The van der Waals surface area contributed by atoms with Crippen LogP contribution in [0.15, 0.2) is 48.5 Å². The smallest absolute Gasteiger partial charge is 0.308 e. The number of aliphatic carboxylic acids is 1. The van der Waals surface area contributed by atoms with Gasteiger partial charge >= 0.3 is 5.97 Å². The number of hydrogen-bond acceptors (Lipinski definition) is 3. The lowest BCUT2D eigenvalue weighted by molar-refractivity contribution is -0.141. The molecule has 0 aromatic heterocycles. The summed E-state index contributed by atoms with van der Waals surface area (Å²) in [6.07, 6.45) is 0.872. The first kappa shape index (κ1) is 17.6. The molecule has 4 nitrogen and oxygen atoms in total. The van der Waals surface area contributed by atoms with Gasteiger partial charge in [0, 0.05) is 25.6 Å². The number of nitrogens with zero attached hydrogens (tertiary/aromatic N) is 1. The van der Waals surface area contributed by atoms with Gasteiger partial charge in [0.25, 0.3) is 0 Å². The second kappa shape index (κ2) is 7.81. The molecule has 2 aromatic carbocycles. The fraction of sp³-hybridized carbons (Fsp3) is 0.381. The zero-order valence-corrected chi connectivity index (χ0v) is 14.7. The van der Waals surface area contributed by atoms with Crippen LogP contribution in [-0.2, 0) is 17.8 Å². The van der Waals surface area contributed by atoms with E-state index in [0.717, 1.165) is 25.1 Å². The number of carboxylic acid groups (broad SMARTS) is 1. The van der Waals surface area contributed by atoms with Crippen molar-refractivity contribution in [2.45, 2.75) is 25.8 Å². The molecule has 0 spiro atoms. The summed E-state index contributed by atoms with van der Waals surface area (Å²) >= 11 is 0. The lowest BCUT2D eigenvalue weighted by Gasteiger charge is -2.18. The van der Waals surface area contributed by atoms with Gasteiger partial charge in [-0.25, -0.2) is 0 Å². The van der Waals surface area contributed by atoms with E-state index in [1.54, 1.807) is 0 Å². The molecule has 1 fully saturated rings. The molecule has 0 radical (unpaired) electrons. The van der Waals surface area contributed by atoms with Crippen LogP contribution in [0.3, 0.4) is 0 Å². The third-order valence-corrected chi connectivity index (χ3v) is 5.13. The molecule has 0 amide bonds. The molecule has 0 bridgehead atoms. The molecule has 1 aliphatic rings. The van der Waals surface area contributed by atoms with E-state index in [0.29, 0.717) is 13.1 Å². The van der Waals surface area contributed by atoms with Crippen molar-refractivity contribution in [2.24, 2.45) is 11.7 Å². The molecule has 0 unspecified atom stereocenters. The predicted octanol–water partition coefficient (Wildman–Crippen LogP) is 2.80. The van der Waals surface area contributed by atoms with Crippen molar-refractivity contribution in [2.75, 3.05) is 19.6 Å². The Kier molecular flexibility index (Phi) is 5.51. The second-order valence-corrected chi connectivity index (χ2v) is 6.96. The summed E-state index contributed by atoms with van der Waals surface area (Å²) < 4.78 is 0. The number of carbonyl (C=O) groups is 1.